The number of carbonyl (C=O) groups is 3. The van der Waals surface area contributed by atoms with Gasteiger partial charge >= 0.3 is 5.97 Å². The Morgan fingerprint density at radius 2 is 1.59 bits per heavy atom. The lowest BCUT2D eigenvalue weighted by molar-refractivity contribution is -0.157. The molecule has 0 fully saturated rings. The van der Waals surface area contributed by atoms with Crippen LogP contribution in [0.5, 0.6) is 0 Å². The number of hydrogen-bond acceptors (Lipinski definition) is 4. The Morgan fingerprint density at radius 1 is 0.966 bits per heavy atom. The summed E-state index contributed by atoms with van der Waals surface area (Å²) in [5.41, 5.74) is 1.27. The van der Waals surface area contributed by atoms with Crippen LogP contribution >= 0.6 is 11.6 Å². The first-order valence-corrected chi connectivity index (χ1v) is 9.75. The highest BCUT2D eigenvalue weighted by Gasteiger charge is 2.29. The standard InChI is InChI=1S/C22H25ClN2O4/c1-14(2)20(25-19(26)13-16-9-5-4-6-10-16)22(28)29-15(3)21(27)24-18-12-8-7-11-17(18)23/h4-12,14-15,20H,13H2,1-3H3,(H,24,27)(H,25,26)/t15-,20+/m1/s1. The molecule has 0 bridgehead atoms. The molecule has 2 rings (SSSR count). The summed E-state index contributed by atoms with van der Waals surface area (Å²) in [5, 5.41) is 5.71. The van der Waals surface area contributed by atoms with Crippen molar-refractivity contribution in [2.24, 2.45) is 5.92 Å². The first-order chi connectivity index (χ1) is 13.8. The normalized spacial score (nSPS) is 12.7. The van der Waals surface area contributed by atoms with Gasteiger partial charge in [-0.25, -0.2) is 4.79 Å². The van der Waals surface area contributed by atoms with Crippen LogP contribution in [-0.2, 0) is 25.5 Å². The Hall–Kier alpha value is -2.86. The molecule has 2 aromatic rings. The lowest BCUT2D eigenvalue weighted by atomic mass is 10.0. The van der Waals surface area contributed by atoms with E-state index in [0.29, 0.717) is 10.7 Å². The highest BCUT2D eigenvalue weighted by molar-refractivity contribution is 6.33. The molecule has 2 N–H and O–H groups in total. The van der Waals surface area contributed by atoms with Gasteiger partial charge in [0.15, 0.2) is 6.10 Å². The second-order valence-electron chi connectivity index (χ2n) is 7.00. The lowest BCUT2D eigenvalue weighted by Crippen LogP contribution is -2.47. The zero-order valence-electron chi connectivity index (χ0n) is 16.6. The van der Waals surface area contributed by atoms with Gasteiger partial charge in [0.1, 0.15) is 6.04 Å². The summed E-state index contributed by atoms with van der Waals surface area (Å²) in [6.45, 7) is 5.06. The molecule has 0 heterocycles. The number of carbonyl (C=O) groups excluding carboxylic acids is 3. The number of amides is 2. The van der Waals surface area contributed by atoms with Crippen LogP contribution in [0.25, 0.3) is 0 Å². The van der Waals surface area contributed by atoms with Gasteiger partial charge in [-0.1, -0.05) is 67.9 Å². The molecule has 0 aliphatic carbocycles. The zero-order valence-corrected chi connectivity index (χ0v) is 17.4. The van der Waals surface area contributed by atoms with Crippen molar-refractivity contribution >= 4 is 35.1 Å². The van der Waals surface area contributed by atoms with E-state index in [-0.39, 0.29) is 18.2 Å². The minimum absolute atomic E-state index is 0.153. The smallest absolute Gasteiger partial charge is 0.329 e. The van der Waals surface area contributed by atoms with Crippen molar-refractivity contribution in [3.63, 3.8) is 0 Å². The molecule has 0 radical (unpaired) electrons. The van der Waals surface area contributed by atoms with E-state index in [1.165, 1.54) is 6.92 Å². The van der Waals surface area contributed by atoms with Gasteiger partial charge in [-0.05, 0) is 30.5 Å². The maximum atomic E-state index is 12.6. The molecule has 0 saturated carbocycles. The number of benzene rings is 2. The minimum atomic E-state index is -1.05. The second-order valence-corrected chi connectivity index (χ2v) is 7.41. The second kappa shape index (κ2) is 10.6. The summed E-state index contributed by atoms with van der Waals surface area (Å²) in [5.74, 6) is -1.67. The van der Waals surface area contributed by atoms with Crippen LogP contribution in [0, 0.1) is 5.92 Å². The van der Waals surface area contributed by atoms with E-state index >= 15 is 0 Å². The monoisotopic (exact) mass is 416 g/mol. The highest BCUT2D eigenvalue weighted by Crippen LogP contribution is 2.20. The zero-order chi connectivity index (χ0) is 21.4. The molecule has 0 aromatic heterocycles. The van der Waals surface area contributed by atoms with Crippen LogP contribution in [0.4, 0.5) is 5.69 Å². The van der Waals surface area contributed by atoms with Crippen LogP contribution in [-0.4, -0.2) is 29.9 Å². The molecule has 154 valence electrons. The van der Waals surface area contributed by atoms with Gasteiger partial charge in [0.05, 0.1) is 17.1 Å². The van der Waals surface area contributed by atoms with E-state index in [0.717, 1.165) is 5.56 Å². The summed E-state index contributed by atoms with van der Waals surface area (Å²) in [6.07, 6.45) is -0.897. The fourth-order valence-corrected chi connectivity index (χ4v) is 2.78. The Balaban J connectivity index is 1.94. The molecular formula is C22H25ClN2O4. The van der Waals surface area contributed by atoms with Gasteiger partial charge in [-0.2, -0.15) is 0 Å². The Kier molecular flexibility index (Phi) is 8.21. The molecule has 0 aliphatic rings. The van der Waals surface area contributed by atoms with Crippen molar-refractivity contribution in [1.29, 1.82) is 0 Å². The van der Waals surface area contributed by atoms with Crippen molar-refractivity contribution in [2.45, 2.75) is 39.3 Å². The summed E-state index contributed by atoms with van der Waals surface area (Å²) in [7, 11) is 0. The Morgan fingerprint density at radius 3 is 2.21 bits per heavy atom. The molecular weight excluding hydrogens is 392 g/mol. The van der Waals surface area contributed by atoms with Gasteiger partial charge in [0.2, 0.25) is 5.91 Å². The largest absolute Gasteiger partial charge is 0.451 e. The summed E-state index contributed by atoms with van der Waals surface area (Å²) in [4.78, 5) is 37.2. The van der Waals surface area contributed by atoms with Gasteiger partial charge in [0.25, 0.3) is 5.91 Å². The molecule has 29 heavy (non-hydrogen) atoms. The van der Waals surface area contributed by atoms with Crippen molar-refractivity contribution in [3.05, 3.63) is 65.2 Å². The van der Waals surface area contributed by atoms with Crippen LogP contribution < -0.4 is 10.6 Å². The molecule has 0 aliphatic heterocycles. The predicted molar refractivity (Wildman–Crippen MR) is 113 cm³/mol. The van der Waals surface area contributed by atoms with Crippen LogP contribution in [0.15, 0.2) is 54.6 Å². The predicted octanol–water partition coefficient (Wildman–Crippen LogP) is 3.59. The fourth-order valence-electron chi connectivity index (χ4n) is 2.60. The molecule has 0 spiro atoms. The highest BCUT2D eigenvalue weighted by atomic mass is 35.5. The van der Waals surface area contributed by atoms with Crippen molar-refractivity contribution in [3.8, 4) is 0 Å². The lowest BCUT2D eigenvalue weighted by Gasteiger charge is -2.23. The Labute approximate surface area is 175 Å². The quantitative estimate of drug-likeness (QED) is 0.644. The molecule has 2 atom stereocenters. The van der Waals surface area contributed by atoms with Crippen LogP contribution in [0.2, 0.25) is 5.02 Å². The number of ether oxygens (including phenoxy) is 1. The van der Waals surface area contributed by atoms with E-state index in [2.05, 4.69) is 10.6 Å². The van der Waals surface area contributed by atoms with Gasteiger partial charge in [-0.3, -0.25) is 9.59 Å². The average molecular weight is 417 g/mol. The van der Waals surface area contributed by atoms with E-state index in [9.17, 15) is 14.4 Å². The van der Waals surface area contributed by atoms with Crippen LogP contribution in [0.3, 0.4) is 0 Å². The molecule has 2 amide bonds. The number of hydrogen-bond donors (Lipinski definition) is 2. The molecule has 6 nitrogen and oxygen atoms in total. The van der Waals surface area contributed by atoms with Crippen molar-refractivity contribution < 1.29 is 19.1 Å². The fraction of sp³-hybridized carbons (Fsp3) is 0.318. The van der Waals surface area contributed by atoms with Crippen molar-refractivity contribution in [1.82, 2.24) is 5.32 Å². The van der Waals surface area contributed by atoms with E-state index < -0.39 is 24.0 Å². The third-order valence-corrected chi connectivity index (χ3v) is 4.57. The SMILES string of the molecule is CC(C)[C@H](NC(=O)Cc1ccccc1)C(=O)O[C@H](C)C(=O)Nc1ccccc1Cl. The van der Waals surface area contributed by atoms with E-state index in [1.54, 1.807) is 38.1 Å². The number of halogens is 1. The van der Waals surface area contributed by atoms with Gasteiger partial charge in [-0.15, -0.1) is 0 Å². The molecule has 7 heteroatoms. The third kappa shape index (κ3) is 6.91. The average Bonchev–Trinajstić information content (AvgIpc) is 2.68. The van der Waals surface area contributed by atoms with Gasteiger partial charge in [0, 0.05) is 0 Å². The number of esters is 1. The third-order valence-electron chi connectivity index (χ3n) is 4.24. The maximum Gasteiger partial charge on any atom is 0.329 e. The summed E-state index contributed by atoms with van der Waals surface area (Å²) in [6, 6.07) is 15.1. The number of rotatable bonds is 8. The Bertz CT molecular complexity index is 855. The minimum Gasteiger partial charge on any atom is -0.451 e. The number of para-hydroxylation sites is 1. The summed E-state index contributed by atoms with van der Waals surface area (Å²) >= 11 is 6.02. The molecule has 2 aromatic carbocycles. The number of nitrogens with one attached hydrogen (secondary N) is 2. The van der Waals surface area contributed by atoms with Crippen LogP contribution in [0.1, 0.15) is 26.3 Å². The first kappa shape index (κ1) is 22.4. The van der Waals surface area contributed by atoms with Gasteiger partial charge < -0.3 is 15.4 Å². The molecule has 0 saturated heterocycles. The van der Waals surface area contributed by atoms with E-state index in [1.807, 2.05) is 30.3 Å². The molecule has 0 unspecified atom stereocenters. The van der Waals surface area contributed by atoms with E-state index in [4.69, 9.17) is 16.3 Å². The number of anilines is 1. The maximum absolute atomic E-state index is 12.6. The first-order valence-electron chi connectivity index (χ1n) is 9.37. The summed E-state index contributed by atoms with van der Waals surface area (Å²) < 4.78 is 5.29. The van der Waals surface area contributed by atoms with Crippen molar-refractivity contribution in [2.75, 3.05) is 5.32 Å². The topological polar surface area (TPSA) is 84.5 Å².